The van der Waals surface area contributed by atoms with Gasteiger partial charge in [0.1, 0.15) is 5.75 Å². The van der Waals surface area contributed by atoms with E-state index in [-0.39, 0.29) is 28.6 Å². The number of aliphatic hydroxyl groups is 1. The number of nitriles is 1. The molecule has 0 aromatic heterocycles. The molecule has 0 bridgehead atoms. The Kier molecular flexibility index (Phi) is 11.3. The first-order chi connectivity index (χ1) is 20.3. The number of methoxy groups -OCH3 is 1. The summed E-state index contributed by atoms with van der Waals surface area (Å²) in [6.07, 6.45) is 4.22. The number of fused-ring (bicyclic) bond motifs is 1. The van der Waals surface area contributed by atoms with E-state index in [0.29, 0.717) is 36.2 Å². The fourth-order valence-corrected chi connectivity index (χ4v) is 5.50. The number of hydrogen-bond donors (Lipinski definition) is 1. The SMILES string of the molecule is CCN(CC)C(=O)c1ccc(/C(O)=N/N=C/C=C2\N(CC)c3ccc(OC)cc3C2(C)Cc2ccc(C#N)cc2)cc1.[Co]. The number of carbonyl (C=O) groups excluding carboxylic acids is 1. The molecule has 225 valence electrons. The fourth-order valence-electron chi connectivity index (χ4n) is 5.50. The molecule has 1 radical (unpaired) electrons. The Bertz CT molecular complexity index is 1550. The molecule has 9 heteroatoms. The summed E-state index contributed by atoms with van der Waals surface area (Å²) in [5, 5.41) is 27.9. The van der Waals surface area contributed by atoms with Crippen LogP contribution in [0, 0.1) is 11.3 Å². The minimum Gasteiger partial charge on any atom is -0.497 e. The van der Waals surface area contributed by atoms with E-state index in [4.69, 9.17) is 4.74 Å². The van der Waals surface area contributed by atoms with Crippen LogP contribution >= 0.6 is 0 Å². The Morgan fingerprint density at radius 2 is 1.70 bits per heavy atom. The van der Waals surface area contributed by atoms with Gasteiger partial charge in [0.05, 0.1) is 25.0 Å². The second kappa shape index (κ2) is 14.7. The summed E-state index contributed by atoms with van der Waals surface area (Å²) in [5.74, 6) is 0.496. The zero-order valence-corrected chi connectivity index (χ0v) is 26.2. The van der Waals surface area contributed by atoms with Crippen molar-refractivity contribution in [2.45, 2.75) is 39.5 Å². The van der Waals surface area contributed by atoms with E-state index < -0.39 is 5.41 Å². The zero-order valence-electron chi connectivity index (χ0n) is 25.2. The van der Waals surface area contributed by atoms with Gasteiger partial charge in [-0.15, -0.1) is 5.10 Å². The molecule has 1 heterocycles. The van der Waals surface area contributed by atoms with Gasteiger partial charge in [0.25, 0.3) is 5.91 Å². The van der Waals surface area contributed by atoms with Crippen LogP contribution in [0.25, 0.3) is 0 Å². The summed E-state index contributed by atoms with van der Waals surface area (Å²) in [6, 6.07) is 22.7. The number of amides is 1. The molecular formula is C34H37CoN5O3. The minimum absolute atomic E-state index is 0. The van der Waals surface area contributed by atoms with Crippen LogP contribution in [0.15, 0.2) is 88.7 Å². The molecular weight excluding hydrogens is 585 g/mol. The number of benzene rings is 3. The largest absolute Gasteiger partial charge is 0.497 e. The molecule has 0 saturated carbocycles. The topological polar surface area (TPSA) is 102 Å². The molecule has 1 aliphatic rings. The van der Waals surface area contributed by atoms with Gasteiger partial charge in [-0.2, -0.15) is 10.4 Å². The summed E-state index contributed by atoms with van der Waals surface area (Å²) in [4.78, 5) is 16.6. The molecule has 3 aromatic rings. The number of rotatable bonds is 10. The van der Waals surface area contributed by atoms with Crippen LogP contribution in [0.4, 0.5) is 5.69 Å². The van der Waals surface area contributed by atoms with E-state index >= 15 is 0 Å². The maximum absolute atomic E-state index is 12.6. The molecule has 1 unspecified atom stereocenters. The molecule has 3 aromatic carbocycles. The van der Waals surface area contributed by atoms with Gasteiger partial charge >= 0.3 is 0 Å². The summed E-state index contributed by atoms with van der Waals surface area (Å²) < 4.78 is 5.56. The number of likely N-dealkylation sites (N-methyl/N-ethyl adjacent to an activating group) is 1. The van der Waals surface area contributed by atoms with Crippen LogP contribution in [0.1, 0.15) is 60.3 Å². The molecule has 1 amide bonds. The first-order valence-corrected chi connectivity index (χ1v) is 14.1. The van der Waals surface area contributed by atoms with Gasteiger partial charge in [-0.3, -0.25) is 4.79 Å². The predicted molar refractivity (Wildman–Crippen MR) is 168 cm³/mol. The smallest absolute Gasteiger partial charge is 0.253 e. The summed E-state index contributed by atoms with van der Waals surface area (Å²) in [6.45, 7) is 10.2. The van der Waals surface area contributed by atoms with Crippen molar-refractivity contribution in [2.75, 3.05) is 31.6 Å². The first-order valence-electron chi connectivity index (χ1n) is 14.1. The van der Waals surface area contributed by atoms with E-state index in [0.717, 1.165) is 34.8 Å². The summed E-state index contributed by atoms with van der Waals surface area (Å²) in [5.41, 5.74) is 5.61. The van der Waals surface area contributed by atoms with Gasteiger partial charge in [0.2, 0.25) is 5.90 Å². The van der Waals surface area contributed by atoms with Crippen LogP contribution in [0.2, 0.25) is 0 Å². The molecule has 0 fully saturated rings. The molecule has 0 saturated heterocycles. The standard InChI is InChI=1S/C34H37N5O3.Co/c1-6-38(7-2)33(41)27-15-13-26(14-16-27)32(40)37-36-20-19-31-34(4,22-24-9-11-25(23-35)12-10-24)29-21-28(42-5)17-18-30(29)39(31)8-3;/h9-21H,6-8,22H2,1-5H3,(H,37,40);/b31-19-,36-20+;. The van der Waals surface area contributed by atoms with Gasteiger partial charge in [0.15, 0.2) is 0 Å². The summed E-state index contributed by atoms with van der Waals surface area (Å²) >= 11 is 0. The molecule has 1 aliphatic heterocycles. The zero-order chi connectivity index (χ0) is 30.3. The molecule has 4 rings (SSSR count). The van der Waals surface area contributed by atoms with Crippen LogP contribution in [0.5, 0.6) is 5.75 Å². The normalized spacial score (nSPS) is 17.0. The van der Waals surface area contributed by atoms with E-state index in [1.165, 1.54) is 0 Å². The molecule has 8 nitrogen and oxygen atoms in total. The number of allylic oxidation sites excluding steroid dienone is 2. The molecule has 43 heavy (non-hydrogen) atoms. The van der Waals surface area contributed by atoms with E-state index in [2.05, 4.69) is 47.2 Å². The third kappa shape index (κ3) is 6.99. The molecule has 1 N–H and O–H groups in total. The van der Waals surface area contributed by atoms with Crippen molar-refractivity contribution in [3.63, 3.8) is 0 Å². The van der Waals surface area contributed by atoms with Gasteiger partial charge in [0, 0.05) is 64.3 Å². The quantitative estimate of drug-likeness (QED) is 0.163. The van der Waals surface area contributed by atoms with Crippen molar-refractivity contribution in [1.29, 1.82) is 5.26 Å². The number of carbonyl (C=O) groups is 1. The number of aliphatic hydroxyl groups excluding tert-OH is 1. The maximum atomic E-state index is 12.6. The predicted octanol–water partition coefficient (Wildman–Crippen LogP) is 6.26. The van der Waals surface area contributed by atoms with Crippen LogP contribution in [-0.4, -0.2) is 54.8 Å². The summed E-state index contributed by atoms with van der Waals surface area (Å²) in [7, 11) is 1.66. The van der Waals surface area contributed by atoms with E-state index in [1.54, 1.807) is 42.5 Å². The molecule has 0 spiro atoms. The van der Waals surface area contributed by atoms with Crippen molar-refractivity contribution in [3.8, 4) is 11.8 Å². The number of nitrogens with zero attached hydrogens (tertiary/aromatic N) is 5. The Balaban J connectivity index is 0.00000506. The van der Waals surface area contributed by atoms with Crippen LogP contribution < -0.4 is 9.64 Å². The third-order valence-electron chi connectivity index (χ3n) is 7.79. The van der Waals surface area contributed by atoms with Crippen LogP contribution in [0.3, 0.4) is 0 Å². The Morgan fingerprint density at radius 1 is 1.05 bits per heavy atom. The number of ether oxygens (including phenoxy) is 1. The minimum atomic E-state index is -0.418. The van der Waals surface area contributed by atoms with Crippen molar-refractivity contribution >= 4 is 23.7 Å². The Hall–Kier alpha value is -4.39. The first kappa shape index (κ1) is 33.1. The van der Waals surface area contributed by atoms with Gasteiger partial charge in [-0.05, 0) is 106 Å². The Morgan fingerprint density at radius 3 is 2.28 bits per heavy atom. The second-order valence-electron chi connectivity index (χ2n) is 10.2. The third-order valence-corrected chi connectivity index (χ3v) is 7.79. The van der Waals surface area contributed by atoms with Crippen molar-refractivity contribution < 1.29 is 31.4 Å². The van der Waals surface area contributed by atoms with Gasteiger partial charge < -0.3 is 19.6 Å². The molecule has 0 aliphatic carbocycles. The number of anilines is 1. The second-order valence-corrected chi connectivity index (χ2v) is 10.2. The average Bonchev–Trinajstić information content (AvgIpc) is 3.25. The van der Waals surface area contributed by atoms with Crippen molar-refractivity contribution in [1.82, 2.24) is 4.90 Å². The number of hydrogen-bond acceptors (Lipinski definition) is 6. The van der Waals surface area contributed by atoms with Gasteiger partial charge in [-0.25, -0.2) is 0 Å². The van der Waals surface area contributed by atoms with Crippen molar-refractivity contribution in [2.24, 2.45) is 10.2 Å². The average molecular weight is 623 g/mol. The van der Waals surface area contributed by atoms with Crippen LogP contribution in [-0.2, 0) is 28.6 Å². The van der Waals surface area contributed by atoms with Gasteiger partial charge in [-0.1, -0.05) is 12.1 Å². The molecule has 1 atom stereocenters. The monoisotopic (exact) mass is 622 g/mol. The van der Waals surface area contributed by atoms with E-state index in [9.17, 15) is 15.2 Å². The van der Waals surface area contributed by atoms with Crippen molar-refractivity contribution in [3.05, 3.63) is 106 Å². The fraction of sp³-hybridized carbons (Fsp3) is 0.294. The van der Waals surface area contributed by atoms with E-state index in [1.807, 2.05) is 50.3 Å². The Labute approximate surface area is 264 Å². The maximum Gasteiger partial charge on any atom is 0.253 e.